The third kappa shape index (κ3) is 2.89. The molecule has 0 aromatic heterocycles. The standard InChI is InChI=1S/C12H15Cl2NO/c13-9-5-4-8(6-10(9)14)7-16-12-3-1-2-11(12)15/h4-6,11-12H,1-3,7,15H2/t11-,12-/m1/s1. The van der Waals surface area contributed by atoms with Crippen LogP contribution in [0.4, 0.5) is 0 Å². The number of benzene rings is 1. The van der Waals surface area contributed by atoms with Crippen LogP contribution >= 0.6 is 23.2 Å². The summed E-state index contributed by atoms with van der Waals surface area (Å²) in [6, 6.07) is 5.73. The van der Waals surface area contributed by atoms with Gasteiger partial charge in [0, 0.05) is 6.04 Å². The van der Waals surface area contributed by atoms with Gasteiger partial charge >= 0.3 is 0 Å². The third-order valence-electron chi connectivity index (χ3n) is 2.95. The Bertz CT molecular complexity index is 370. The van der Waals surface area contributed by atoms with Gasteiger partial charge < -0.3 is 10.5 Å². The van der Waals surface area contributed by atoms with Crippen LogP contribution in [-0.2, 0) is 11.3 Å². The third-order valence-corrected chi connectivity index (χ3v) is 3.69. The first-order chi connectivity index (χ1) is 7.66. The van der Waals surface area contributed by atoms with Crippen molar-refractivity contribution in [3.8, 4) is 0 Å². The summed E-state index contributed by atoms with van der Waals surface area (Å²) < 4.78 is 5.77. The zero-order valence-electron chi connectivity index (χ0n) is 8.96. The van der Waals surface area contributed by atoms with E-state index in [2.05, 4.69) is 0 Å². The van der Waals surface area contributed by atoms with Crippen molar-refractivity contribution in [3.05, 3.63) is 33.8 Å². The van der Waals surface area contributed by atoms with Gasteiger partial charge in [0.1, 0.15) is 0 Å². The molecule has 1 aromatic carbocycles. The average Bonchev–Trinajstić information content (AvgIpc) is 2.66. The normalized spacial score (nSPS) is 24.9. The summed E-state index contributed by atoms with van der Waals surface area (Å²) in [7, 11) is 0. The van der Waals surface area contributed by atoms with E-state index >= 15 is 0 Å². The highest BCUT2D eigenvalue weighted by molar-refractivity contribution is 6.41. The van der Waals surface area contributed by atoms with Crippen LogP contribution in [0.15, 0.2) is 18.2 Å². The van der Waals surface area contributed by atoms with Gasteiger partial charge in [0.05, 0.1) is 22.8 Å². The predicted molar refractivity (Wildman–Crippen MR) is 66.9 cm³/mol. The second-order valence-electron chi connectivity index (χ2n) is 4.19. The van der Waals surface area contributed by atoms with Gasteiger partial charge in [-0.15, -0.1) is 0 Å². The molecule has 0 saturated heterocycles. The van der Waals surface area contributed by atoms with Crippen molar-refractivity contribution in [2.75, 3.05) is 0 Å². The van der Waals surface area contributed by atoms with E-state index in [-0.39, 0.29) is 12.1 Å². The van der Waals surface area contributed by atoms with Gasteiger partial charge in [-0.05, 0) is 37.0 Å². The van der Waals surface area contributed by atoms with Crippen LogP contribution in [0.5, 0.6) is 0 Å². The average molecular weight is 260 g/mol. The van der Waals surface area contributed by atoms with Crippen LogP contribution < -0.4 is 5.73 Å². The second kappa shape index (κ2) is 5.37. The van der Waals surface area contributed by atoms with E-state index in [0.717, 1.165) is 24.8 Å². The largest absolute Gasteiger partial charge is 0.372 e. The second-order valence-corrected chi connectivity index (χ2v) is 5.01. The van der Waals surface area contributed by atoms with Crippen LogP contribution in [0.3, 0.4) is 0 Å². The minimum atomic E-state index is 0.183. The molecule has 0 bridgehead atoms. The Morgan fingerprint density at radius 2 is 2.06 bits per heavy atom. The molecule has 0 radical (unpaired) electrons. The van der Waals surface area contributed by atoms with Gasteiger partial charge in [0.25, 0.3) is 0 Å². The van der Waals surface area contributed by atoms with Gasteiger partial charge in [-0.3, -0.25) is 0 Å². The zero-order chi connectivity index (χ0) is 11.5. The lowest BCUT2D eigenvalue weighted by atomic mass is 10.2. The number of rotatable bonds is 3. The fourth-order valence-electron chi connectivity index (χ4n) is 1.99. The van der Waals surface area contributed by atoms with E-state index < -0.39 is 0 Å². The molecule has 1 fully saturated rings. The highest BCUT2D eigenvalue weighted by atomic mass is 35.5. The number of hydrogen-bond acceptors (Lipinski definition) is 2. The summed E-state index contributed by atoms with van der Waals surface area (Å²) in [5.41, 5.74) is 6.96. The monoisotopic (exact) mass is 259 g/mol. The number of ether oxygens (including phenoxy) is 1. The Labute approximate surface area is 106 Å². The first-order valence-corrected chi connectivity index (χ1v) is 6.23. The first kappa shape index (κ1) is 12.2. The molecule has 0 unspecified atom stereocenters. The molecule has 1 aliphatic carbocycles. The van der Waals surface area contributed by atoms with Crippen LogP contribution in [0.2, 0.25) is 10.0 Å². The minimum Gasteiger partial charge on any atom is -0.372 e. The molecule has 2 atom stereocenters. The predicted octanol–water partition coefficient (Wildman–Crippen LogP) is 3.39. The topological polar surface area (TPSA) is 35.2 Å². The summed E-state index contributed by atoms with van der Waals surface area (Å²) in [6.07, 6.45) is 3.47. The Morgan fingerprint density at radius 3 is 2.69 bits per heavy atom. The summed E-state index contributed by atoms with van der Waals surface area (Å²) >= 11 is 11.8. The van der Waals surface area contributed by atoms with E-state index in [0.29, 0.717) is 16.7 Å². The fraction of sp³-hybridized carbons (Fsp3) is 0.500. The molecule has 1 saturated carbocycles. The lowest BCUT2D eigenvalue weighted by molar-refractivity contribution is 0.0357. The molecule has 16 heavy (non-hydrogen) atoms. The maximum absolute atomic E-state index is 5.93. The van der Waals surface area contributed by atoms with Crippen molar-refractivity contribution in [2.24, 2.45) is 5.73 Å². The van der Waals surface area contributed by atoms with Crippen molar-refractivity contribution in [1.29, 1.82) is 0 Å². The van der Waals surface area contributed by atoms with E-state index in [4.69, 9.17) is 33.7 Å². The van der Waals surface area contributed by atoms with Crippen molar-refractivity contribution in [2.45, 2.75) is 38.0 Å². The number of hydrogen-bond donors (Lipinski definition) is 1. The molecule has 0 spiro atoms. The lowest BCUT2D eigenvalue weighted by Crippen LogP contribution is -2.31. The van der Waals surface area contributed by atoms with Crippen molar-refractivity contribution in [1.82, 2.24) is 0 Å². The maximum atomic E-state index is 5.93. The molecule has 4 heteroatoms. The Balaban J connectivity index is 1.91. The van der Waals surface area contributed by atoms with E-state index in [1.165, 1.54) is 0 Å². The molecule has 2 rings (SSSR count). The molecule has 0 heterocycles. The molecule has 0 aliphatic heterocycles. The van der Waals surface area contributed by atoms with Gasteiger partial charge in [0.2, 0.25) is 0 Å². The summed E-state index contributed by atoms with van der Waals surface area (Å²) in [6.45, 7) is 0.551. The highest BCUT2D eigenvalue weighted by Gasteiger charge is 2.24. The first-order valence-electron chi connectivity index (χ1n) is 5.48. The summed E-state index contributed by atoms with van der Waals surface area (Å²) in [5.74, 6) is 0. The summed E-state index contributed by atoms with van der Waals surface area (Å²) in [4.78, 5) is 0. The summed E-state index contributed by atoms with van der Waals surface area (Å²) in [5, 5.41) is 1.14. The van der Waals surface area contributed by atoms with Gasteiger partial charge in [-0.2, -0.15) is 0 Å². The van der Waals surface area contributed by atoms with Crippen molar-refractivity contribution in [3.63, 3.8) is 0 Å². The fourth-order valence-corrected chi connectivity index (χ4v) is 2.32. The zero-order valence-corrected chi connectivity index (χ0v) is 10.5. The quantitative estimate of drug-likeness (QED) is 0.904. The van der Waals surface area contributed by atoms with Gasteiger partial charge in [-0.1, -0.05) is 29.3 Å². The maximum Gasteiger partial charge on any atom is 0.0730 e. The Kier molecular flexibility index (Phi) is 4.09. The van der Waals surface area contributed by atoms with E-state index in [9.17, 15) is 0 Å². The van der Waals surface area contributed by atoms with Crippen molar-refractivity contribution >= 4 is 23.2 Å². The molecule has 2 nitrogen and oxygen atoms in total. The lowest BCUT2D eigenvalue weighted by Gasteiger charge is -2.16. The van der Waals surface area contributed by atoms with Crippen molar-refractivity contribution < 1.29 is 4.74 Å². The van der Waals surface area contributed by atoms with Gasteiger partial charge in [-0.25, -0.2) is 0 Å². The SMILES string of the molecule is N[C@@H]1CCC[C@H]1OCc1ccc(Cl)c(Cl)c1. The minimum absolute atomic E-state index is 0.183. The molecule has 2 N–H and O–H groups in total. The van der Waals surface area contributed by atoms with Crippen LogP contribution in [0, 0.1) is 0 Å². The molecule has 1 aliphatic rings. The molecule has 1 aromatic rings. The van der Waals surface area contributed by atoms with Crippen LogP contribution in [-0.4, -0.2) is 12.1 Å². The Hall–Kier alpha value is -0.280. The molecule has 88 valence electrons. The molecular formula is C12H15Cl2NO. The highest BCUT2D eigenvalue weighted by Crippen LogP contribution is 2.25. The number of halogens is 2. The van der Waals surface area contributed by atoms with Crippen LogP contribution in [0.1, 0.15) is 24.8 Å². The molecule has 0 amide bonds. The molecular weight excluding hydrogens is 245 g/mol. The number of nitrogens with two attached hydrogens (primary N) is 1. The van der Waals surface area contributed by atoms with E-state index in [1.54, 1.807) is 6.07 Å². The Morgan fingerprint density at radius 1 is 1.25 bits per heavy atom. The van der Waals surface area contributed by atoms with Crippen LogP contribution in [0.25, 0.3) is 0 Å². The van der Waals surface area contributed by atoms with Gasteiger partial charge in [0.15, 0.2) is 0 Å². The van der Waals surface area contributed by atoms with E-state index in [1.807, 2.05) is 12.1 Å². The smallest absolute Gasteiger partial charge is 0.0730 e.